The summed E-state index contributed by atoms with van der Waals surface area (Å²) in [5, 5.41) is 0.286. The normalized spacial score (nSPS) is 14.4. The molecule has 1 saturated heterocycles. The Morgan fingerprint density at radius 2 is 1.63 bits per heavy atom. The minimum atomic E-state index is -0.627. The van der Waals surface area contributed by atoms with Crippen molar-refractivity contribution in [2.45, 2.75) is 6.54 Å². The number of hydrogen-bond donors (Lipinski definition) is 0. The van der Waals surface area contributed by atoms with Crippen LogP contribution in [-0.2, 0) is 18.4 Å². The molecule has 1 aromatic heterocycles. The highest BCUT2D eigenvalue weighted by molar-refractivity contribution is 6.31. The van der Waals surface area contributed by atoms with Crippen LogP contribution in [0.2, 0.25) is 5.02 Å². The van der Waals surface area contributed by atoms with Gasteiger partial charge in [0.05, 0.1) is 16.6 Å². The first-order valence-electron chi connectivity index (χ1n) is 9.53. The van der Waals surface area contributed by atoms with Gasteiger partial charge in [-0.3, -0.25) is 18.7 Å². The molecule has 0 bridgehead atoms. The number of halogens is 2. The second-order valence-electron chi connectivity index (χ2n) is 7.21. The van der Waals surface area contributed by atoms with Gasteiger partial charge < -0.3 is 9.80 Å². The maximum absolute atomic E-state index is 14.0. The number of aryl methyl sites for hydroxylation is 1. The molecule has 2 aromatic carbocycles. The molecule has 1 fully saturated rings. The third-order valence-electron chi connectivity index (χ3n) is 5.42. The number of fused-ring (bicyclic) bond motifs is 1. The molecule has 0 atom stereocenters. The zero-order chi connectivity index (χ0) is 21.4. The van der Waals surface area contributed by atoms with Crippen molar-refractivity contribution in [3.63, 3.8) is 0 Å². The maximum atomic E-state index is 14.0. The van der Waals surface area contributed by atoms with Gasteiger partial charge >= 0.3 is 5.69 Å². The fourth-order valence-electron chi connectivity index (χ4n) is 3.74. The molecule has 3 aromatic rings. The van der Waals surface area contributed by atoms with E-state index in [9.17, 15) is 18.8 Å². The van der Waals surface area contributed by atoms with Crippen molar-refractivity contribution in [3.05, 3.63) is 69.4 Å². The van der Waals surface area contributed by atoms with Crippen LogP contribution in [0.3, 0.4) is 0 Å². The fraction of sp³-hybridized carbons (Fsp3) is 0.286. The number of amides is 2. The lowest BCUT2D eigenvalue weighted by Gasteiger charge is -2.35. The van der Waals surface area contributed by atoms with Crippen molar-refractivity contribution < 1.29 is 14.0 Å². The molecule has 0 saturated carbocycles. The van der Waals surface area contributed by atoms with Gasteiger partial charge in [-0.15, -0.1) is 0 Å². The highest BCUT2D eigenvalue weighted by Gasteiger charge is 2.27. The van der Waals surface area contributed by atoms with Crippen molar-refractivity contribution in [1.82, 2.24) is 18.9 Å². The quantitative estimate of drug-likeness (QED) is 0.639. The summed E-state index contributed by atoms with van der Waals surface area (Å²) >= 11 is 5.88. The van der Waals surface area contributed by atoms with E-state index < -0.39 is 11.7 Å². The topological polar surface area (TPSA) is 67.6 Å². The van der Waals surface area contributed by atoms with Gasteiger partial charge in [-0.1, -0.05) is 23.7 Å². The van der Waals surface area contributed by atoms with Gasteiger partial charge in [-0.05, 0) is 30.3 Å². The van der Waals surface area contributed by atoms with Crippen LogP contribution in [0.15, 0.2) is 47.3 Å². The lowest BCUT2D eigenvalue weighted by Crippen LogP contribution is -2.51. The summed E-state index contributed by atoms with van der Waals surface area (Å²) in [6, 6.07) is 11.2. The zero-order valence-electron chi connectivity index (χ0n) is 16.3. The van der Waals surface area contributed by atoms with Crippen LogP contribution in [0.25, 0.3) is 11.0 Å². The molecule has 0 aliphatic carbocycles. The third-order valence-corrected chi connectivity index (χ3v) is 5.66. The molecule has 9 heteroatoms. The van der Waals surface area contributed by atoms with Crippen LogP contribution in [0.1, 0.15) is 10.4 Å². The van der Waals surface area contributed by atoms with Gasteiger partial charge in [0.15, 0.2) is 0 Å². The van der Waals surface area contributed by atoms with Gasteiger partial charge in [-0.25, -0.2) is 9.18 Å². The Bertz CT molecular complexity index is 1190. The molecule has 1 aliphatic heterocycles. The molecule has 0 spiro atoms. The predicted octanol–water partition coefficient (Wildman–Crippen LogP) is 2.12. The molecule has 7 nitrogen and oxygen atoms in total. The van der Waals surface area contributed by atoms with Crippen molar-refractivity contribution >= 4 is 34.4 Å². The highest BCUT2D eigenvalue weighted by Crippen LogP contribution is 2.18. The zero-order valence-corrected chi connectivity index (χ0v) is 17.1. The van der Waals surface area contributed by atoms with E-state index in [1.54, 1.807) is 18.0 Å². The van der Waals surface area contributed by atoms with Crippen molar-refractivity contribution in [3.8, 4) is 0 Å². The van der Waals surface area contributed by atoms with Gasteiger partial charge in [0.25, 0.3) is 5.91 Å². The van der Waals surface area contributed by atoms with E-state index in [1.165, 1.54) is 26.2 Å². The second kappa shape index (κ2) is 7.95. The Kier molecular flexibility index (Phi) is 5.34. The van der Waals surface area contributed by atoms with Crippen LogP contribution in [0.5, 0.6) is 0 Å². The number of aromatic nitrogens is 2. The minimum Gasteiger partial charge on any atom is -0.338 e. The van der Waals surface area contributed by atoms with Gasteiger partial charge in [0.1, 0.15) is 12.4 Å². The molecule has 2 heterocycles. The fourth-order valence-corrected chi connectivity index (χ4v) is 3.91. The molecular weight excluding hydrogens is 411 g/mol. The highest BCUT2D eigenvalue weighted by atomic mass is 35.5. The van der Waals surface area contributed by atoms with Crippen LogP contribution < -0.4 is 5.69 Å². The standard InChI is InChI=1S/C21H20ClFN4O3/c1-24-17-4-2-3-5-18(17)27(21(24)30)13-19(28)25-8-10-26(11-9-25)20(29)15-12-14(22)6-7-16(15)23/h2-7,12H,8-11,13H2,1H3. The summed E-state index contributed by atoms with van der Waals surface area (Å²) in [5.41, 5.74) is 1.12. The Morgan fingerprint density at radius 1 is 1.00 bits per heavy atom. The van der Waals surface area contributed by atoms with E-state index in [-0.39, 0.29) is 41.8 Å². The molecule has 0 radical (unpaired) electrons. The van der Waals surface area contributed by atoms with Crippen molar-refractivity contribution in [2.24, 2.45) is 7.05 Å². The summed E-state index contributed by atoms with van der Waals surface area (Å²) < 4.78 is 17.0. The molecule has 0 N–H and O–H groups in total. The summed E-state index contributed by atoms with van der Waals surface area (Å²) in [4.78, 5) is 41.0. The van der Waals surface area contributed by atoms with E-state index in [0.29, 0.717) is 18.6 Å². The van der Waals surface area contributed by atoms with Crippen molar-refractivity contribution in [1.29, 1.82) is 0 Å². The number of carbonyl (C=O) groups is 2. The Labute approximate surface area is 176 Å². The molecule has 2 amide bonds. The first kappa shape index (κ1) is 20.2. The van der Waals surface area contributed by atoms with Gasteiger partial charge in [0.2, 0.25) is 5.91 Å². The van der Waals surface area contributed by atoms with Gasteiger partial charge in [0, 0.05) is 38.2 Å². The van der Waals surface area contributed by atoms with Crippen LogP contribution >= 0.6 is 11.6 Å². The summed E-state index contributed by atoms with van der Waals surface area (Å²) in [6.07, 6.45) is 0. The number of nitrogens with zero attached hydrogens (tertiary/aromatic N) is 4. The number of benzene rings is 2. The molecule has 30 heavy (non-hydrogen) atoms. The van der Waals surface area contributed by atoms with Crippen LogP contribution in [0.4, 0.5) is 4.39 Å². The first-order valence-corrected chi connectivity index (χ1v) is 9.91. The molecule has 1 aliphatic rings. The first-order chi connectivity index (χ1) is 14.4. The third kappa shape index (κ3) is 3.59. The Morgan fingerprint density at radius 3 is 2.33 bits per heavy atom. The second-order valence-corrected chi connectivity index (χ2v) is 7.65. The largest absolute Gasteiger partial charge is 0.338 e. The number of rotatable bonds is 3. The van der Waals surface area contributed by atoms with Crippen LogP contribution in [0, 0.1) is 5.82 Å². The monoisotopic (exact) mass is 430 g/mol. The number of hydrogen-bond acceptors (Lipinski definition) is 3. The smallest absolute Gasteiger partial charge is 0.329 e. The maximum Gasteiger partial charge on any atom is 0.329 e. The average Bonchev–Trinajstić information content (AvgIpc) is 3.00. The molecule has 156 valence electrons. The summed E-state index contributed by atoms with van der Waals surface area (Å²) in [6.45, 7) is 1.11. The molecular formula is C21H20ClFN4O3. The number of piperazine rings is 1. The molecule has 0 unspecified atom stereocenters. The van der Waals surface area contributed by atoms with Crippen LogP contribution in [-0.4, -0.2) is 56.9 Å². The Hall–Kier alpha value is -3.13. The van der Waals surface area contributed by atoms with E-state index in [4.69, 9.17) is 11.6 Å². The van der Waals surface area contributed by atoms with E-state index >= 15 is 0 Å². The van der Waals surface area contributed by atoms with Crippen molar-refractivity contribution in [2.75, 3.05) is 26.2 Å². The SMILES string of the molecule is Cn1c(=O)n(CC(=O)N2CCN(C(=O)c3cc(Cl)ccc3F)CC2)c2ccccc21. The average molecular weight is 431 g/mol. The van der Waals surface area contributed by atoms with E-state index in [1.807, 2.05) is 18.2 Å². The lowest BCUT2D eigenvalue weighted by atomic mass is 10.1. The summed E-state index contributed by atoms with van der Waals surface area (Å²) in [5.74, 6) is -1.28. The number of imidazole rings is 1. The minimum absolute atomic E-state index is 0.0724. The van der Waals surface area contributed by atoms with E-state index in [0.717, 1.165) is 11.6 Å². The number of para-hydroxylation sites is 2. The summed E-state index contributed by atoms with van der Waals surface area (Å²) in [7, 11) is 1.67. The lowest BCUT2D eigenvalue weighted by molar-refractivity contribution is -0.133. The number of carbonyl (C=O) groups excluding carboxylic acids is 2. The predicted molar refractivity (Wildman–Crippen MR) is 111 cm³/mol. The van der Waals surface area contributed by atoms with E-state index in [2.05, 4.69) is 0 Å². The Balaban J connectivity index is 1.44. The molecule has 4 rings (SSSR count). The van der Waals surface area contributed by atoms with Gasteiger partial charge in [-0.2, -0.15) is 0 Å².